The first kappa shape index (κ1) is 12.5. The Hall–Kier alpha value is -1.55. The second-order valence-corrected chi connectivity index (χ2v) is 2.99. The van der Waals surface area contributed by atoms with Crippen molar-refractivity contribution < 1.29 is 25.7 Å². The van der Waals surface area contributed by atoms with Gasteiger partial charge in [0, 0.05) is 19.2 Å². The quantitative estimate of drug-likeness (QED) is 0.378. The highest BCUT2D eigenvalue weighted by molar-refractivity contribution is 5.95. The zero-order valence-corrected chi connectivity index (χ0v) is 8.35. The lowest BCUT2D eigenvalue weighted by molar-refractivity contribution is -0.996. The third kappa shape index (κ3) is 2.73. The summed E-state index contributed by atoms with van der Waals surface area (Å²) < 4.78 is 0. The van der Waals surface area contributed by atoms with Crippen LogP contribution in [-0.2, 0) is 0 Å². The van der Waals surface area contributed by atoms with E-state index in [0.29, 0.717) is 0 Å². The maximum atomic E-state index is 11.3. The van der Waals surface area contributed by atoms with Crippen molar-refractivity contribution in [3.8, 4) is 0 Å². The molecule has 1 aromatic rings. The molecule has 1 amide bonds. The number of amides is 1. The molecule has 0 spiro atoms. The van der Waals surface area contributed by atoms with Gasteiger partial charge < -0.3 is 15.7 Å². The minimum Gasteiger partial charge on any atom is -0.595 e. The lowest BCUT2D eigenvalue weighted by atomic mass is 10.1. The van der Waals surface area contributed by atoms with Crippen LogP contribution in [0, 0.1) is 10.4 Å². The van der Waals surface area contributed by atoms with Gasteiger partial charge in [-0.15, -0.1) is 0 Å². The average Bonchev–Trinajstić information content (AvgIpc) is 2.27. The molecule has 8 heteroatoms. The van der Waals surface area contributed by atoms with E-state index in [1.165, 1.54) is 7.05 Å². The summed E-state index contributed by atoms with van der Waals surface area (Å²) in [5, 5.41) is 38.6. The molecule has 1 rings (SSSR count). The average molecular weight is 229 g/mol. The van der Waals surface area contributed by atoms with Crippen molar-refractivity contribution in [3.63, 3.8) is 0 Å². The smallest absolute Gasteiger partial charge is 0.251 e. The molecule has 0 fully saturated rings. The van der Waals surface area contributed by atoms with Crippen LogP contribution in [0.2, 0.25) is 0 Å². The number of hydrogen-bond acceptors (Lipinski definition) is 5. The molecule has 88 valence electrons. The number of rotatable bonds is 3. The molecule has 5 N–H and O–H groups in total. The van der Waals surface area contributed by atoms with Crippen molar-refractivity contribution in [1.82, 2.24) is 5.32 Å². The molecule has 0 saturated carbocycles. The highest BCUT2D eigenvalue weighted by Gasteiger charge is 2.14. The summed E-state index contributed by atoms with van der Waals surface area (Å²) in [5.41, 5.74) is -0.475. The fourth-order valence-electron chi connectivity index (χ4n) is 1.15. The van der Waals surface area contributed by atoms with Gasteiger partial charge in [0.25, 0.3) is 5.91 Å². The number of carbonyl (C=O) groups excluding carboxylic acids is 1. The summed E-state index contributed by atoms with van der Waals surface area (Å²) in [6, 6.07) is 3.23. The second-order valence-electron chi connectivity index (χ2n) is 2.99. The molecule has 0 aliphatic carbocycles. The molecular weight excluding hydrogens is 218 g/mol. The zero-order valence-electron chi connectivity index (χ0n) is 8.35. The summed E-state index contributed by atoms with van der Waals surface area (Å²) in [6.45, 7) is 0. The summed E-state index contributed by atoms with van der Waals surface area (Å²) in [4.78, 5) is 11.3. The normalized spacial score (nSPS) is 14.3. The Morgan fingerprint density at radius 2 is 1.62 bits per heavy atom. The van der Waals surface area contributed by atoms with E-state index < -0.39 is 16.4 Å². The van der Waals surface area contributed by atoms with Gasteiger partial charge in [-0.25, -0.2) is 10.4 Å². The van der Waals surface area contributed by atoms with E-state index in [1.54, 1.807) is 0 Å². The van der Waals surface area contributed by atoms with Crippen molar-refractivity contribution in [2.45, 2.75) is 0 Å². The van der Waals surface area contributed by atoms with E-state index >= 15 is 0 Å². The highest BCUT2D eigenvalue weighted by atomic mass is 16.8. The second kappa shape index (κ2) is 4.99. The number of quaternary nitrogens is 2. The van der Waals surface area contributed by atoms with Gasteiger partial charge >= 0.3 is 0 Å². The fourth-order valence-corrected chi connectivity index (χ4v) is 1.15. The maximum absolute atomic E-state index is 11.3. The van der Waals surface area contributed by atoms with Crippen LogP contribution in [0.4, 0.5) is 11.4 Å². The van der Waals surface area contributed by atoms with E-state index in [-0.39, 0.29) is 16.9 Å². The Bertz CT molecular complexity index is 367. The molecule has 0 bridgehead atoms. The number of carbonyl (C=O) groups is 1. The van der Waals surface area contributed by atoms with E-state index in [0.717, 1.165) is 18.2 Å². The molecule has 8 nitrogen and oxygen atoms in total. The SMILES string of the molecule is CNC(=O)c1cc([NH+]([O-])O)cc([NH+]([O-])O)c1. The van der Waals surface area contributed by atoms with Crippen LogP contribution in [0.25, 0.3) is 0 Å². The number of benzene rings is 1. The minimum absolute atomic E-state index is 0.000185. The Morgan fingerprint density at radius 3 is 1.94 bits per heavy atom. The number of nitrogens with one attached hydrogen (secondary N) is 3. The lowest BCUT2D eigenvalue weighted by Gasteiger charge is -2.16. The molecule has 16 heavy (non-hydrogen) atoms. The summed E-state index contributed by atoms with van der Waals surface area (Å²) in [5.74, 6) is -0.536. The van der Waals surface area contributed by atoms with Gasteiger partial charge in [-0.3, -0.25) is 4.79 Å². The van der Waals surface area contributed by atoms with Gasteiger partial charge in [0.15, 0.2) is 11.4 Å². The van der Waals surface area contributed by atoms with Gasteiger partial charge in [-0.2, -0.15) is 10.5 Å². The Balaban J connectivity index is 3.24. The van der Waals surface area contributed by atoms with Gasteiger partial charge in [0.1, 0.15) is 0 Å². The Kier molecular flexibility index (Phi) is 3.90. The van der Waals surface area contributed by atoms with Crippen LogP contribution in [0.15, 0.2) is 18.2 Å². The van der Waals surface area contributed by atoms with Crippen LogP contribution in [0.1, 0.15) is 10.4 Å². The Labute approximate surface area is 90.4 Å². The molecule has 2 unspecified atom stereocenters. The van der Waals surface area contributed by atoms with Gasteiger partial charge in [-0.1, -0.05) is 0 Å². The van der Waals surface area contributed by atoms with Gasteiger partial charge in [0.05, 0.1) is 11.6 Å². The molecule has 0 radical (unpaired) electrons. The molecule has 0 aliphatic rings. The topological polar surface area (TPSA) is 125 Å². The molecule has 0 aromatic heterocycles. The monoisotopic (exact) mass is 229 g/mol. The largest absolute Gasteiger partial charge is 0.595 e. The maximum Gasteiger partial charge on any atom is 0.251 e. The van der Waals surface area contributed by atoms with E-state index in [2.05, 4.69) is 5.32 Å². The van der Waals surface area contributed by atoms with Crippen LogP contribution in [0.3, 0.4) is 0 Å². The standard InChI is InChI=1S/C8H11N3O5/c1-9-8(12)5-2-6(10(13)14)4-7(3-5)11(15)16/h2-4,10-11,13,15H,1H3,(H,9,12). The predicted molar refractivity (Wildman–Crippen MR) is 51.4 cm³/mol. The van der Waals surface area contributed by atoms with E-state index in [4.69, 9.17) is 10.4 Å². The third-order valence-electron chi connectivity index (χ3n) is 1.92. The Morgan fingerprint density at radius 1 is 1.19 bits per heavy atom. The minimum atomic E-state index is -1.28. The first-order valence-electron chi connectivity index (χ1n) is 4.29. The molecule has 1 aromatic carbocycles. The van der Waals surface area contributed by atoms with E-state index in [1.807, 2.05) is 0 Å². The molecule has 0 saturated heterocycles. The summed E-state index contributed by atoms with van der Waals surface area (Å²) in [7, 11) is 1.37. The molecular formula is C8H11N3O5. The highest BCUT2D eigenvalue weighted by Crippen LogP contribution is 2.13. The molecule has 0 aliphatic heterocycles. The first-order valence-corrected chi connectivity index (χ1v) is 4.29. The van der Waals surface area contributed by atoms with Crippen molar-refractivity contribution in [1.29, 1.82) is 0 Å². The van der Waals surface area contributed by atoms with Crippen molar-refractivity contribution in [3.05, 3.63) is 34.2 Å². The molecule has 2 atom stereocenters. The summed E-state index contributed by atoms with van der Waals surface area (Å²) in [6.07, 6.45) is 0. The van der Waals surface area contributed by atoms with Crippen LogP contribution < -0.4 is 15.8 Å². The molecule has 0 heterocycles. The summed E-state index contributed by atoms with van der Waals surface area (Å²) >= 11 is 0. The number of hydrogen-bond donors (Lipinski definition) is 5. The van der Waals surface area contributed by atoms with E-state index in [9.17, 15) is 15.2 Å². The van der Waals surface area contributed by atoms with Crippen molar-refractivity contribution in [2.75, 3.05) is 7.05 Å². The van der Waals surface area contributed by atoms with Crippen LogP contribution in [0.5, 0.6) is 0 Å². The van der Waals surface area contributed by atoms with Crippen LogP contribution >= 0.6 is 0 Å². The lowest BCUT2D eigenvalue weighted by Crippen LogP contribution is -3.00. The van der Waals surface area contributed by atoms with Crippen molar-refractivity contribution in [2.24, 2.45) is 0 Å². The fraction of sp³-hybridized carbons (Fsp3) is 0.125. The first-order chi connectivity index (χ1) is 7.45. The zero-order chi connectivity index (χ0) is 12.3. The van der Waals surface area contributed by atoms with Crippen LogP contribution in [-0.4, -0.2) is 23.4 Å². The van der Waals surface area contributed by atoms with Crippen molar-refractivity contribution >= 4 is 17.3 Å². The third-order valence-corrected chi connectivity index (χ3v) is 1.92. The van der Waals surface area contributed by atoms with Gasteiger partial charge in [0.2, 0.25) is 0 Å². The predicted octanol–water partition coefficient (Wildman–Crippen LogP) is -2.15. The van der Waals surface area contributed by atoms with Gasteiger partial charge in [-0.05, 0) is 0 Å².